The van der Waals surface area contributed by atoms with Crippen molar-refractivity contribution in [3.63, 3.8) is 0 Å². The van der Waals surface area contributed by atoms with Crippen LogP contribution in [0.4, 0.5) is 4.39 Å². The molecule has 0 N–H and O–H groups in total. The number of ketones is 1. The second-order valence-electron chi connectivity index (χ2n) is 7.40. The first-order chi connectivity index (χ1) is 12.7. The van der Waals surface area contributed by atoms with Gasteiger partial charge in [0.2, 0.25) is 0 Å². The number of hydrogen-bond donors (Lipinski definition) is 0. The SMILES string of the molecule is O=C1CO[C@]2(CC[C@H](COCc3ccccc3)[C@H]2c2ccc(F)cc2)C1. The lowest BCUT2D eigenvalue weighted by atomic mass is 9.79. The van der Waals surface area contributed by atoms with Crippen molar-refractivity contribution < 1.29 is 18.7 Å². The summed E-state index contributed by atoms with van der Waals surface area (Å²) in [6.07, 6.45) is 2.24. The number of carbonyl (C=O) groups excluding carboxylic acids is 1. The van der Waals surface area contributed by atoms with Crippen LogP contribution in [0.5, 0.6) is 0 Å². The molecule has 0 radical (unpaired) electrons. The standard InChI is InChI=1S/C22H23FO3/c23-19-8-6-17(7-9-19)21-18(10-11-22(21)12-20(24)15-26-22)14-25-13-16-4-2-1-3-5-16/h1-9,18,21H,10-15H2/t18-,21-,22-/m1/s1. The van der Waals surface area contributed by atoms with Gasteiger partial charge in [-0.15, -0.1) is 0 Å². The number of carbonyl (C=O) groups is 1. The minimum absolute atomic E-state index is 0.0605. The van der Waals surface area contributed by atoms with E-state index in [0.717, 1.165) is 24.0 Å². The van der Waals surface area contributed by atoms with Gasteiger partial charge in [0.05, 0.1) is 18.8 Å². The zero-order valence-electron chi connectivity index (χ0n) is 14.7. The van der Waals surface area contributed by atoms with Gasteiger partial charge in [0.1, 0.15) is 12.4 Å². The molecule has 3 atom stereocenters. The maximum atomic E-state index is 13.4. The molecule has 4 rings (SSSR count). The largest absolute Gasteiger partial charge is 0.376 e. The fraction of sp³-hybridized carbons (Fsp3) is 0.409. The molecule has 1 aliphatic heterocycles. The van der Waals surface area contributed by atoms with Gasteiger partial charge in [0.15, 0.2) is 5.78 Å². The molecule has 136 valence electrons. The van der Waals surface area contributed by atoms with Crippen molar-refractivity contribution in [1.82, 2.24) is 0 Å². The van der Waals surface area contributed by atoms with Crippen molar-refractivity contribution in [3.05, 3.63) is 71.5 Å². The van der Waals surface area contributed by atoms with E-state index in [4.69, 9.17) is 9.47 Å². The van der Waals surface area contributed by atoms with Gasteiger partial charge in [-0.1, -0.05) is 42.5 Å². The van der Waals surface area contributed by atoms with E-state index >= 15 is 0 Å². The molecule has 3 nitrogen and oxygen atoms in total. The summed E-state index contributed by atoms with van der Waals surface area (Å²) in [5.41, 5.74) is 1.73. The summed E-state index contributed by atoms with van der Waals surface area (Å²) in [6.45, 7) is 1.37. The van der Waals surface area contributed by atoms with Gasteiger partial charge in [-0.05, 0) is 42.0 Å². The van der Waals surface area contributed by atoms with Crippen LogP contribution in [0.1, 0.15) is 36.3 Å². The van der Waals surface area contributed by atoms with E-state index in [1.165, 1.54) is 12.1 Å². The van der Waals surface area contributed by atoms with Crippen LogP contribution in [0.25, 0.3) is 0 Å². The van der Waals surface area contributed by atoms with Gasteiger partial charge in [-0.2, -0.15) is 0 Å². The Balaban J connectivity index is 1.51. The molecule has 1 heterocycles. The van der Waals surface area contributed by atoms with E-state index in [9.17, 15) is 9.18 Å². The number of benzene rings is 2. The van der Waals surface area contributed by atoms with Crippen molar-refractivity contribution in [3.8, 4) is 0 Å². The van der Waals surface area contributed by atoms with Crippen molar-refractivity contribution in [2.24, 2.45) is 5.92 Å². The minimum atomic E-state index is -0.449. The van der Waals surface area contributed by atoms with Gasteiger partial charge in [-0.25, -0.2) is 4.39 Å². The molecule has 1 saturated heterocycles. The number of rotatable bonds is 5. The average molecular weight is 354 g/mol. The zero-order chi connectivity index (χ0) is 18.0. The maximum absolute atomic E-state index is 13.4. The smallest absolute Gasteiger partial charge is 0.161 e. The average Bonchev–Trinajstić information content (AvgIpc) is 3.20. The van der Waals surface area contributed by atoms with E-state index in [1.807, 2.05) is 42.5 Å². The van der Waals surface area contributed by atoms with E-state index in [0.29, 0.717) is 19.6 Å². The van der Waals surface area contributed by atoms with Gasteiger partial charge >= 0.3 is 0 Å². The van der Waals surface area contributed by atoms with Crippen LogP contribution in [-0.2, 0) is 20.9 Å². The van der Waals surface area contributed by atoms with Crippen molar-refractivity contribution in [2.45, 2.75) is 37.4 Å². The third kappa shape index (κ3) is 3.44. The Labute approximate surface area is 153 Å². The van der Waals surface area contributed by atoms with Gasteiger partial charge in [0, 0.05) is 12.3 Å². The van der Waals surface area contributed by atoms with E-state index in [1.54, 1.807) is 0 Å². The highest BCUT2D eigenvalue weighted by Gasteiger charge is 2.53. The van der Waals surface area contributed by atoms with Crippen LogP contribution in [0.15, 0.2) is 54.6 Å². The van der Waals surface area contributed by atoms with Crippen LogP contribution in [-0.4, -0.2) is 24.6 Å². The first-order valence-electron chi connectivity index (χ1n) is 9.19. The number of ether oxygens (including phenoxy) is 2. The highest BCUT2D eigenvalue weighted by atomic mass is 19.1. The first-order valence-corrected chi connectivity index (χ1v) is 9.19. The highest BCUT2D eigenvalue weighted by molar-refractivity contribution is 5.83. The molecule has 0 bridgehead atoms. The summed E-state index contributed by atoms with van der Waals surface area (Å²) in [5, 5.41) is 0. The zero-order valence-corrected chi connectivity index (χ0v) is 14.7. The molecule has 0 unspecified atom stereocenters. The van der Waals surface area contributed by atoms with E-state index in [2.05, 4.69) is 0 Å². The summed E-state index contributed by atoms with van der Waals surface area (Å²) in [5.74, 6) is 0.226. The normalized spacial score (nSPS) is 28.1. The molecule has 1 aliphatic carbocycles. The monoisotopic (exact) mass is 354 g/mol. The van der Waals surface area contributed by atoms with Crippen LogP contribution in [0, 0.1) is 11.7 Å². The van der Waals surface area contributed by atoms with Crippen molar-refractivity contribution in [1.29, 1.82) is 0 Å². The molecule has 1 spiro atoms. The molecule has 0 amide bonds. The summed E-state index contributed by atoms with van der Waals surface area (Å²) >= 11 is 0. The van der Waals surface area contributed by atoms with Crippen molar-refractivity contribution in [2.75, 3.05) is 13.2 Å². The van der Waals surface area contributed by atoms with Gasteiger partial charge in [0.25, 0.3) is 0 Å². The van der Waals surface area contributed by atoms with Crippen molar-refractivity contribution >= 4 is 5.78 Å². The fourth-order valence-electron chi connectivity index (χ4n) is 4.53. The Kier molecular flexibility index (Phi) is 4.88. The summed E-state index contributed by atoms with van der Waals surface area (Å²) < 4.78 is 25.4. The van der Waals surface area contributed by atoms with Crippen LogP contribution < -0.4 is 0 Å². The third-order valence-electron chi connectivity index (χ3n) is 5.67. The quantitative estimate of drug-likeness (QED) is 0.805. The predicted octanol–water partition coefficient (Wildman–Crippen LogP) is 4.26. The van der Waals surface area contributed by atoms with Crippen LogP contribution >= 0.6 is 0 Å². The Morgan fingerprint density at radius 2 is 1.88 bits per heavy atom. The Morgan fingerprint density at radius 3 is 2.58 bits per heavy atom. The molecule has 26 heavy (non-hydrogen) atoms. The molecular formula is C22H23FO3. The molecule has 2 aliphatic rings. The molecule has 4 heteroatoms. The Bertz CT molecular complexity index is 759. The number of halogens is 1. The predicted molar refractivity (Wildman–Crippen MR) is 96.3 cm³/mol. The molecule has 0 aromatic heterocycles. The highest BCUT2D eigenvalue weighted by Crippen LogP contribution is 2.53. The second-order valence-corrected chi connectivity index (χ2v) is 7.40. The number of hydrogen-bond acceptors (Lipinski definition) is 3. The van der Waals surface area contributed by atoms with E-state index in [-0.39, 0.29) is 30.0 Å². The molecule has 1 saturated carbocycles. The first kappa shape index (κ1) is 17.4. The number of Topliss-reactive ketones (excluding diaryl/α,β-unsaturated/α-hetero) is 1. The maximum Gasteiger partial charge on any atom is 0.161 e. The lowest BCUT2D eigenvalue weighted by molar-refractivity contribution is -0.117. The lowest BCUT2D eigenvalue weighted by Crippen LogP contribution is -2.34. The Morgan fingerprint density at radius 1 is 1.12 bits per heavy atom. The van der Waals surface area contributed by atoms with Gasteiger partial charge < -0.3 is 9.47 Å². The third-order valence-corrected chi connectivity index (χ3v) is 5.67. The summed E-state index contributed by atoms with van der Waals surface area (Å²) in [6, 6.07) is 16.7. The molecule has 2 aromatic rings. The Hall–Kier alpha value is -2.04. The van der Waals surface area contributed by atoms with Crippen LogP contribution in [0.3, 0.4) is 0 Å². The summed E-state index contributed by atoms with van der Waals surface area (Å²) in [7, 11) is 0. The lowest BCUT2D eigenvalue weighted by Gasteiger charge is -2.33. The fourth-order valence-corrected chi connectivity index (χ4v) is 4.53. The topological polar surface area (TPSA) is 35.5 Å². The van der Waals surface area contributed by atoms with E-state index < -0.39 is 5.60 Å². The molecular weight excluding hydrogens is 331 g/mol. The second kappa shape index (κ2) is 7.29. The molecule has 2 fully saturated rings. The minimum Gasteiger partial charge on any atom is -0.376 e. The van der Waals surface area contributed by atoms with Crippen LogP contribution in [0.2, 0.25) is 0 Å². The summed E-state index contributed by atoms with van der Waals surface area (Å²) in [4.78, 5) is 11.9. The van der Waals surface area contributed by atoms with Gasteiger partial charge in [-0.3, -0.25) is 4.79 Å². The molecule has 2 aromatic carbocycles.